The fourth-order valence-electron chi connectivity index (χ4n) is 4.11. The second kappa shape index (κ2) is 10.4. The Morgan fingerprint density at radius 1 is 1.23 bits per heavy atom. The van der Waals surface area contributed by atoms with E-state index in [9.17, 15) is 18.5 Å². The zero-order valence-corrected chi connectivity index (χ0v) is 20.6. The van der Waals surface area contributed by atoms with Gasteiger partial charge in [-0.3, -0.25) is 14.1 Å². The molecule has 1 aliphatic rings. The maximum Gasteiger partial charge on any atom is 0.301 e. The van der Waals surface area contributed by atoms with Gasteiger partial charge in [0.1, 0.15) is 6.07 Å². The van der Waals surface area contributed by atoms with E-state index in [4.69, 9.17) is 0 Å². The number of anilines is 3. The van der Waals surface area contributed by atoms with Crippen molar-refractivity contribution in [3.63, 3.8) is 0 Å². The fraction of sp³-hybridized carbons (Fsp3) is 0.375. The van der Waals surface area contributed by atoms with Crippen molar-refractivity contribution in [2.45, 2.75) is 26.3 Å². The number of nitrogens with one attached hydrogen (secondary N) is 3. The SMILES string of the molecule is CCN(C)S(=O)(=O)Nc1cccc(Nc2ccc3ncn(CC4CCNCC4)c(=O)c3c2)c1C#N. The number of nitrogens with zero attached hydrogens (tertiary/aromatic N) is 4. The molecular weight excluding hydrogens is 466 g/mol. The normalized spacial score (nSPS) is 14.7. The van der Waals surface area contributed by atoms with Gasteiger partial charge in [0.25, 0.3) is 5.56 Å². The molecule has 11 heteroatoms. The number of piperidine rings is 1. The first-order valence-electron chi connectivity index (χ1n) is 11.6. The molecule has 35 heavy (non-hydrogen) atoms. The Morgan fingerprint density at radius 3 is 2.69 bits per heavy atom. The van der Waals surface area contributed by atoms with Gasteiger partial charge in [0, 0.05) is 25.8 Å². The minimum absolute atomic E-state index is 0.109. The van der Waals surface area contributed by atoms with E-state index in [2.05, 4.69) is 26.4 Å². The standard InChI is InChI=1S/C24H29N7O3S/c1-3-30(2)35(33,34)29-23-6-4-5-22(20(23)14-25)28-18-7-8-21-19(13-18)24(32)31(16-27-21)15-17-9-11-26-12-10-17/h4-8,13,16-17,26,28-29H,3,9-12,15H2,1-2H3. The highest BCUT2D eigenvalue weighted by atomic mass is 32.2. The van der Waals surface area contributed by atoms with Gasteiger partial charge in [-0.1, -0.05) is 13.0 Å². The fourth-order valence-corrected chi connectivity index (χ4v) is 5.06. The molecular formula is C24H29N7O3S. The third kappa shape index (κ3) is 5.45. The Bertz CT molecular complexity index is 1420. The summed E-state index contributed by atoms with van der Waals surface area (Å²) in [5.41, 5.74) is 1.82. The lowest BCUT2D eigenvalue weighted by Crippen LogP contribution is -2.32. The first kappa shape index (κ1) is 24.7. The van der Waals surface area contributed by atoms with Crippen LogP contribution >= 0.6 is 0 Å². The van der Waals surface area contributed by atoms with Crippen LogP contribution in [0, 0.1) is 17.2 Å². The van der Waals surface area contributed by atoms with Crippen LogP contribution in [0.1, 0.15) is 25.3 Å². The second-order valence-electron chi connectivity index (χ2n) is 8.61. The number of nitriles is 1. The molecule has 3 N–H and O–H groups in total. The average molecular weight is 496 g/mol. The van der Waals surface area contributed by atoms with E-state index in [0.717, 1.165) is 30.2 Å². The van der Waals surface area contributed by atoms with Crippen LogP contribution in [0.3, 0.4) is 0 Å². The summed E-state index contributed by atoms with van der Waals surface area (Å²) in [4.78, 5) is 17.6. The van der Waals surface area contributed by atoms with Crippen LogP contribution < -0.4 is 20.9 Å². The number of benzene rings is 2. The van der Waals surface area contributed by atoms with Gasteiger partial charge in [-0.2, -0.15) is 18.0 Å². The van der Waals surface area contributed by atoms with E-state index < -0.39 is 10.2 Å². The maximum atomic E-state index is 13.2. The van der Waals surface area contributed by atoms with E-state index in [1.165, 1.54) is 13.1 Å². The number of rotatable bonds is 8. The number of hydrogen-bond acceptors (Lipinski definition) is 7. The van der Waals surface area contributed by atoms with Crippen LogP contribution in [0.15, 0.2) is 47.5 Å². The highest BCUT2D eigenvalue weighted by Gasteiger charge is 2.19. The summed E-state index contributed by atoms with van der Waals surface area (Å²) in [6, 6.07) is 12.2. The predicted molar refractivity (Wildman–Crippen MR) is 137 cm³/mol. The van der Waals surface area contributed by atoms with Crippen molar-refractivity contribution >= 4 is 38.2 Å². The Morgan fingerprint density at radius 2 is 1.97 bits per heavy atom. The molecule has 0 unspecified atom stereocenters. The van der Waals surface area contributed by atoms with E-state index in [-0.39, 0.29) is 23.4 Å². The molecule has 1 aliphatic heterocycles. The predicted octanol–water partition coefficient (Wildman–Crippen LogP) is 2.62. The molecule has 0 bridgehead atoms. The molecule has 0 amide bonds. The lowest BCUT2D eigenvalue weighted by Gasteiger charge is -2.23. The van der Waals surface area contributed by atoms with Gasteiger partial charge in [-0.15, -0.1) is 0 Å². The monoisotopic (exact) mass is 495 g/mol. The first-order valence-corrected chi connectivity index (χ1v) is 13.0. The number of aromatic nitrogens is 2. The zero-order valence-electron chi connectivity index (χ0n) is 19.8. The molecule has 0 spiro atoms. The Balaban J connectivity index is 1.63. The van der Waals surface area contributed by atoms with E-state index in [0.29, 0.717) is 34.7 Å². The van der Waals surface area contributed by atoms with Crippen molar-refractivity contribution in [1.29, 1.82) is 5.26 Å². The van der Waals surface area contributed by atoms with Gasteiger partial charge >= 0.3 is 10.2 Å². The average Bonchev–Trinajstić information content (AvgIpc) is 2.86. The van der Waals surface area contributed by atoms with Gasteiger partial charge in [0.05, 0.1) is 34.2 Å². The summed E-state index contributed by atoms with van der Waals surface area (Å²) in [6.07, 6.45) is 3.66. The molecule has 0 aliphatic carbocycles. The molecule has 0 atom stereocenters. The van der Waals surface area contributed by atoms with E-state index in [1.54, 1.807) is 48.1 Å². The van der Waals surface area contributed by atoms with Crippen molar-refractivity contribution in [2.24, 2.45) is 5.92 Å². The highest BCUT2D eigenvalue weighted by molar-refractivity contribution is 7.90. The summed E-state index contributed by atoms with van der Waals surface area (Å²) in [7, 11) is -2.33. The molecule has 2 aromatic carbocycles. The largest absolute Gasteiger partial charge is 0.354 e. The van der Waals surface area contributed by atoms with Crippen LogP contribution in [0.4, 0.5) is 17.1 Å². The number of hydrogen-bond donors (Lipinski definition) is 3. The molecule has 184 valence electrons. The first-order chi connectivity index (χ1) is 16.8. The summed E-state index contributed by atoms with van der Waals surface area (Å²) in [6.45, 7) is 4.56. The molecule has 4 rings (SSSR count). The summed E-state index contributed by atoms with van der Waals surface area (Å²) < 4.78 is 30.2. The van der Waals surface area contributed by atoms with Crippen molar-refractivity contribution in [1.82, 2.24) is 19.2 Å². The van der Waals surface area contributed by atoms with Gasteiger partial charge < -0.3 is 10.6 Å². The van der Waals surface area contributed by atoms with Crippen LogP contribution in [0.5, 0.6) is 0 Å². The van der Waals surface area contributed by atoms with Crippen molar-refractivity contribution in [2.75, 3.05) is 36.7 Å². The molecule has 0 saturated carbocycles. The Kier molecular flexibility index (Phi) is 7.35. The Labute approximate surface area is 204 Å². The minimum Gasteiger partial charge on any atom is -0.354 e. The molecule has 10 nitrogen and oxygen atoms in total. The second-order valence-corrected chi connectivity index (χ2v) is 10.4. The maximum absolute atomic E-state index is 13.2. The van der Waals surface area contributed by atoms with Gasteiger partial charge in [0.2, 0.25) is 0 Å². The zero-order chi connectivity index (χ0) is 25.0. The van der Waals surface area contributed by atoms with Crippen LogP contribution in [-0.2, 0) is 16.8 Å². The molecule has 2 heterocycles. The van der Waals surface area contributed by atoms with Crippen LogP contribution in [0.2, 0.25) is 0 Å². The summed E-state index contributed by atoms with van der Waals surface area (Å²) >= 11 is 0. The van der Waals surface area contributed by atoms with Gasteiger partial charge in [0.15, 0.2) is 0 Å². The van der Waals surface area contributed by atoms with Crippen molar-refractivity contribution in [3.8, 4) is 6.07 Å². The van der Waals surface area contributed by atoms with Gasteiger partial charge in [-0.05, 0) is 62.2 Å². The summed E-state index contributed by atoms with van der Waals surface area (Å²) in [5.74, 6) is 0.436. The molecule has 0 radical (unpaired) electrons. The topological polar surface area (TPSA) is 132 Å². The molecule has 1 fully saturated rings. The molecule has 3 aromatic rings. The quantitative estimate of drug-likeness (QED) is 0.438. The lowest BCUT2D eigenvalue weighted by molar-refractivity contribution is 0.329. The highest BCUT2D eigenvalue weighted by Crippen LogP contribution is 2.28. The van der Waals surface area contributed by atoms with Gasteiger partial charge in [-0.25, -0.2) is 4.98 Å². The smallest absolute Gasteiger partial charge is 0.301 e. The Hall–Kier alpha value is -3.46. The van der Waals surface area contributed by atoms with Crippen LogP contribution in [0.25, 0.3) is 10.9 Å². The third-order valence-electron chi connectivity index (χ3n) is 6.29. The van der Waals surface area contributed by atoms with E-state index in [1.807, 2.05) is 0 Å². The summed E-state index contributed by atoms with van der Waals surface area (Å²) in [5, 5.41) is 16.7. The molecule has 1 aromatic heterocycles. The third-order valence-corrected chi connectivity index (χ3v) is 7.84. The van der Waals surface area contributed by atoms with Crippen LogP contribution in [-0.4, -0.2) is 49.0 Å². The molecule has 1 saturated heterocycles. The van der Waals surface area contributed by atoms with Crippen molar-refractivity contribution in [3.05, 3.63) is 58.6 Å². The number of fused-ring (bicyclic) bond motifs is 1. The minimum atomic E-state index is -3.79. The lowest BCUT2D eigenvalue weighted by atomic mass is 9.98. The van der Waals surface area contributed by atoms with Crippen molar-refractivity contribution < 1.29 is 8.42 Å². The van der Waals surface area contributed by atoms with E-state index >= 15 is 0 Å².